The van der Waals surface area contributed by atoms with E-state index in [2.05, 4.69) is 97.3 Å². The minimum absolute atomic E-state index is 0.927. The van der Waals surface area contributed by atoms with Crippen LogP contribution >= 0.6 is 0 Å². The number of aromatic nitrogens is 1. The maximum absolute atomic E-state index is 6.68. The summed E-state index contributed by atoms with van der Waals surface area (Å²) < 4.78 is 9.57. The maximum atomic E-state index is 6.68. The molecule has 6 rings (SSSR count). The normalized spacial score (nSPS) is 12.6. The number of hydrogen-bond acceptors (Lipinski definition) is 2. The number of ether oxygens (including phenoxy) is 1. The van der Waals surface area contributed by atoms with E-state index in [1.165, 1.54) is 25.1 Å². The number of hydrogen-bond donors (Lipinski definition) is 0. The Morgan fingerprint density at radius 2 is 1.52 bits per heavy atom. The minimum atomic E-state index is -2.47. The van der Waals surface area contributed by atoms with Crippen LogP contribution in [0.4, 0.5) is 0 Å². The van der Waals surface area contributed by atoms with Gasteiger partial charge in [0.2, 0.25) is 0 Å². The zero-order valence-corrected chi connectivity index (χ0v) is 20.0. The van der Waals surface area contributed by atoms with E-state index in [4.69, 9.17) is 9.72 Å². The summed E-state index contributed by atoms with van der Waals surface area (Å²) in [5, 5.41) is 4.72. The summed E-state index contributed by atoms with van der Waals surface area (Å²) in [5.74, 6) is 6.78. The number of nitrogens with zero attached hydrogens (tertiary/aromatic N) is 1. The first-order valence-electron chi connectivity index (χ1n) is 10.7. The molecular formula is C28H23GeNO. The van der Waals surface area contributed by atoms with Gasteiger partial charge in [0.05, 0.1) is 0 Å². The molecule has 0 N–H and O–H groups in total. The summed E-state index contributed by atoms with van der Waals surface area (Å²) in [7, 11) is 0. The van der Waals surface area contributed by atoms with Crippen LogP contribution in [0.3, 0.4) is 0 Å². The first-order chi connectivity index (χ1) is 15.0. The Hall–Kier alpha value is -3.11. The molecular weight excluding hydrogens is 439 g/mol. The molecule has 3 heteroatoms. The number of rotatable bonds is 2. The van der Waals surface area contributed by atoms with Crippen molar-refractivity contribution in [1.82, 2.24) is 4.98 Å². The van der Waals surface area contributed by atoms with Gasteiger partial charge in [-0.15, -0.1) is 0 Å². The van der Waals surface area contributed by atoms with Crippen molar-refractivity contribution in [3.05, 3.63) is 90.6 Å². The van der Waals surface area contributed by atoms with Gasteiger partial charge in [-0.05, 0) is 0 Å². The third-order valence-electron chi connectivity index (χ3n) is 6.71. The van der Waals surface area contributed by atoms with E-state index in [1.54, 1.807) is 0 Å². The van der Waals surface area contributed by atoms with Crippen molar-refractivity contribution in [3.8, 4) is 22.8 Å². The Labute approximate surface area is 184 Å². The molecule has 0 saturated heterocycles. The Morgan fingerprint density at radius 3 is 2.32 bits per heavy atom. The molecule has 0 spiro atoms. The predicted molar refractivity (Wildman–Crippen MR) is 133 cm³/mol. The van der Waals surface area contributed by atoms with Crippen molar-refractivity contribution in [3.63, 3.8) is 0 Å². The molecule has 0 fully saturated rings. The quantitative estimate of drug-likeness (QED) is 0.282. The second kappa shape index (κ2) is 6.70. The molecule has 4 aromatic carbocycles. The van der Waals surface area contributed by atoms with Gasteiger partial charge in [0.25, 0.3) is 0 Å². The summed E-state index contributed by atoms with van der Waals surface area (Å²) in [4.78, 5) is 4.81. The summed E-state index contributed by atoms with van der Waals surface area (Å²) in [6.45, 7) is 2.16. The summed E-state index contributed by atoms with van der Waals surface area (Å²) in [6.07, 6.45) is 1.94. The van der Waals surface area contributed by atoms with E-state index in [9.17, 15) is 0 Å². The summed E-state index contributed by atoms with van der Waals surface area (Å²) in [5.41, 5.74) is 3.36. The first kappa shape index (κ1) is 18.6. The van der Waals surface area contributed by atoms with Crippen LogP contribution in [-0.2, 0) is 0 Å². The van der Waals surface area contributed by atoms with Gasteiger partial charge in [-0.25, -0.2) is 0 Å². The second-order valence-electron chi connectivity index (χ2n) is 8.94. The van der Waals surface area contributed by atoms with Crippen LogP contribution in [0.5, 0.6) is 11.5 Å². The zero-order valence-electron chi connectivity index (χ0n) is 17.9. The standard InChI is InChI=1S/C28H23GeNO/c1-18-15-24-27-26-19(13-14-30-27)16-21(29(2,3)20-9-5-4-6-10-20)17-25(26)31-28(24)23-12-8-7-11-22(18)23/h4-17H,1-3H3. The van der Waals surface area contributed by atoms with Crippen LogP contribution in [0.1, 0.15) is 5.56 Å². The molecule has 0 amide bonds. The number of benzene rings is 4. The van der Waals surface area contributed by atoms with Crippen molar-refractivity contribution in [2.75, 3.05) is 0 Å². The molecule has 150 valence electrons. The molecule has 31 heavy (non-hydrogen) atoms. The van der Waals surface area contributed by atoms with Crippen molar-refractivity contribution >= 4 is 43.6 Å². The van der Waals surface area contributed by atoms with Gasteiger partial charge in [0, 0.05) is 0 Å². The van der Waals surface area contributed by atoms with Crippen LogP contribution in [-0.4, -0.2) is 18.3 Å². The number of pyridine rings is 1. The van der Waals surface area contributed by atoms with Crippen molar-refractivity contribution in [1.29, 1.82) is 0 Å². The molecule has 0 bridgehead atoms. The Balaban J connectivity index is 1.64. The molecule has 0 atom stereocenters. The van der Waals surface area contributed by atoms with E-state index in [1.807, 2.05) is 6.20 Å². The van der Waals surface area contributed by atoms with E-state index < -0.39 is 13.3 Å². The average molecular weight is 462 g/mol. The molecule has 5 aromatic rings. The molecule has 2 heterocycles. The number of aryl methyl sites for hydroxylation is 1. The molecule has 1 aromatic heterocycles. The summed E-state index contributed by atoms with van der Waals surface area (Å²) in [6, 6.07) is 28.5. The van der Waals surface area contributed by atoms with Crippen LogP contribution in [0, 0.1) is 6.92 Å². The van der Waals surface area contributed by atoms with Crippen LogP contribution in [0.2, 0.25) is 11.5 Å². The molecule has 2 nitrogen and oxygen atoms in total. The van der Waals surface area contributed by atoms with Crippen LogP contribution in [0.15, 0.2) is 85.1 Å². The third kappa shape index (κ3) is 2.75. The Morgan fingerprint density at radius 1 is 0.774 bits per heavy atom. The van der Waals surface area contributed by atoms with Gasteiger partial charge in [0.1, 0.15) is 0 Å². The fraction of sp³-hybridized carbons (Fsp3) is 0.107. The van der Waals surface area contributed by atoms with E-state index in [0.29, 0.717) is 0 Å². The van der Waals surface area contributed by atoms with Crippen molar-refractivity contribution in [2.45, 2.75) is 18.4 Å². The van der Waals surface area contributed by atoms with Crippen LogP contribution < -0.4 is 13.5 Å². The van der Waals surface area contributed by atoms with Gasteiger partial charge in [0.15, 0.2) is 0 Å². The monoisotopic (exact) mass is 463 g/mol. The molecule has 0 saturated carbocycles. The van der Waals surface area contributed by atoms with Crippen LogP contribution in [0.25, 0.3) is 32.8 Å². The first-order valence-corrected chi connectivity index (χ1v) is 17.0. The summed E-state index contributed by atoms with van der Waals surface area (Å²) >= 11 is -2.47. The van der Waals surface area contributed by atoms with Gasteiger partial charge in [-0.3, -0.25) is 0 Å². The second-order valence-corrected chi connectivity index (χ2v) is 18.2. The third-order valence-corrected chi connectivity index (χ3v) is 14.1. The fourth-order valence-electron chi connectivity index (χ4n) is 4.87. The van der Waals surface area contributed by atoms with Gasteiger partial charge in [-0.2, -0.15) is 0 Å². The molecule has 1 aliphatic heterocycles. The van der Waals surface area contributed by atoms with Gasteiger partial charge in [-0.1, -0.05) is 0 Å². The fourth-order valence-corrected chi connectivity index (χ4v) is 9.84. The average Bonchev–Trinajstić information content (AvgIpc) is 2.80. The van der Waals surface area contributed by atoms with E-state index in [-0.39, 0.29) is 0 Å². The molecule has 0 aliphatic carbocycles. The van der Waals surface area contributed by atoms with Gasteiger partial charge >= 0.3 is 185 Å². The van der Waals surface area contributed by atoms with Gasteiger partial charge < -0.3 is 0 Å². The molecule has 1 aliphatic rings. The zero-order chi connectivity index (χ0) is 21.2. The SMILES string of the molecule is Cc1cc2c(c3ccccc13)Oc1c[c]([Ge]([CH3])([CH3])[c]3ccccc3)cc3ccnc-2c13. The predicted octanol–water partition coefficient (Wildman–Crippen LogP) is 6.29. The molecule has 0 radical (unpaired) electrons. The van der Waals surface area contributed by atoms with E-state index >= 15 is 0 Å². The Bertz CT molecular complexity index is 1490. The van der Waals surface area contributed by atoms with E-state index in [0.717, 1.165) is 33.5 Å². The number of fused-ring (bicyclic) bond motifs is 4. The van der Waals surface area contributed by atoms with Crippen molar-refractivity contribution in [2.24, 2.45) is 0 Å². The molecule has 0 unspecified atom stereocenters. The topological polar surface area (TPSA) is 22.1 Å². The van der Waals surface area contributed by atoms with Crippen molar-refractivity contribution < 1.29 is 4.74 Å². The Kier molecular flexibility index (Phi) is 4.03.